The number of sulfonamides is 1. The first-order valence-corrected chi connectivity index (χ1v) is 9.63. The molecule has 6 heteroatoms. The first kappa shape index (κ1) is 16.9. The van der Waals surface area contributed by atoms with E-state index < -0.39 is 10.0 Å². The Morgan fingerprint density at radius 1 is 1.21 bits per heavy atom. The molecule has 0 unspecified atom stereocenters. The summed E-state index contributed by atoms with van der Waals surface area (Å²) in [5.41, 5.74) is 1.95. The van der Waals surface area contributed by atoms with Crippen molar-refractivity contribution in [3.05, 3.63) is 53.7 Å². The molecule has 3 rings (SSSR count). The summed E-state index contributed by atoms with van der Waals surface area (Å²) < 4.78 is 32.9. The molecular formula is C18H22N2O3S. The predicted octanol–water partition coefficient (Wildman–Crippen LogP) is 3.31. The van der Waals surface area contributed by atoms with E-state index in [0.29, 0.717) is 23.9 Å². The fourth-order valence-electron chi connectivity index (χ4n) is 3.03. The van der Waals surface area contributed by atoms with Crippen molar-refractivity contribution in [2.75, 3.05) is 13.2 Å². The Labute approximate surface area is 143 Å². The van der Waals surface area contributed by atoms with E-state index in [-0.39, 0.29) is 6.04 Å². The Morgan fingerprint density at radius 3 is 2.58 bits per heavy atom. The number of rotatable bonds is 5. The normalized spacial score (nSPS) is 18.7. The number of hydrogen-bond donors (Lipinski definition) is 0. The molecule has 0 amide bonds. The molecular weight excluding hydrogens is 324 g/mol. The number of pyridine rings is 1. The number of aryl methyl sites for hydroxylation is 1. The van der Waals surface area contributed by atoms with Crippen LogP contribution >= 0.6 is 0 Å². The van der Waals surface area contributed by atoms with E-state index in [1.165, 1.54) is 0 Å². The highest BCUT2D eigenvalue weighted by Crippen LogP contribution is 2.36. The second-order valence-corrected chi connectivity index (χ2v) is 7.84. The quantitative estimate of drug-likeness (QED) is 0.833. The van der Waals surface area contributed by atoms with Gasteiger partial charge in [0.05, 0.1) is 17.5 Å². The van der Waals surface area contributed by atoms with E-state index in [2.05, 4.69) is 4.98 Å². The van der Waals surface area contributed by atoms with Crippen LogP contribution in [0.4, 0.5) is 0 Å². The van der Waals surface area contributed by atoms with Crippen LogP contribution < -0.4 is 4.74 Å². The molecule has 0 radical (unpaired) electrons. The van der Waals surface area contributed by atoms with Crippen molar-refractivity contribution >= 4 is 10.0 Å². The van der Waals surface area contributed by atoms with Crippen molar-refractivity contribution in [1.82, 2.24) is 9.29 Å². The number of hydrogen-bond acceptors (Lipinski definition) is 4. The van der Waals surface area contributed by atoms with Crippen LogP contribution in [0.3, 0.4) is 0 Å². The molecule has 0 saturated carbocycles. The van der Waals surface area contributed by atoms with Crippen LogP contribution in [-0.2, 0) is 10.0 Å². The number of benzene rings is 1. The van der Waals surface area contributed by atoms with Gasteiger partial charge in [0.15, 0.2) is 0 Å². The van der Waals surface area contributed by atoms with Crippen molar-refractivity contribution in [3.8, 4) is 5.88 Å². The van der Waals surface area contributed by atoms with Gasteiger partial charge in [-0.05, 0) is 44.4 Å². The highest BCUT2D eigenvalue weighted by molar-refractivity contribution is 7.89. The summed E-state index contributed by atoms with van der Waals surface area (Å²) in [7, 11) is -3.50. The standard InChI is InChI=1S/C18H22N2O3S/c1-3-23-18-11-8-15(13-19-18)17-5-4-12-20(17)24(21,22)16-9-6-14(2)7-10-16/h6-11,13,17H,3-5,12H2,1-2H3/t17-/m1/s1. The molecule has 128 valence electrons. The molecule has 5 nitrogen and oxygen atoms in total. The fourth-order valence-corrected chi connectivity index (χ4v) is 4.71. The predicted molar refractivity (Wildman–Crippen MR) is 92.5 cm³/mol. The monoisotopic (exact) mass is 346 g/mol. The highest BCUT2D eigenvalue weighted by Gasteiger charge is 2.36. The summed E-state index contributed by atoms with van der Waals surface area (Å²) in [6, 6.07) is 10.6. The topological polar surface area (TPSA) is 59.5 Å². The van der Waals surface area contributed by atoms with Gasteiger partial charge in [0.1, 0.15) is 0 Å². The second kappa shape index (κ2) is 6.91. The Balaban J connectivity index is 1.88. The highest BCUT2D eigenvalue weighted by atomic mass is 32.2. The molecule has 0 aliphatic carbocycles. The van der Waals surface area contributed by atoms with Gasteiger partial charge in [0, 0.05) is 18.8 Å². The van der Waals surface area contributed by atoms with Crippen LogP contribution in [0.25, 0.3) is 0 Å². The minimum atomic E-state index is -3.50. The maximum atomic E-state index is 13.0. The molecule has 0 bridgehead atoms. The molecule has 0 spiro atoms. The van der Waals surface area contributed by atoms with E-state index in [0.717, 1.165) is 24.0 Å². The van der Waals surface area contributed by atoms with Crippen molar-refractivity contribution in [1.29, 1.82) is 0 Å². The van der Waals surface area contributed by atoms with Gasteiger partial charge in [-0.25, -0.2) is 13.4 Å². The third kappa shape index (κ3) is 3.30. The summed E-state index contributed by atoms with van der Waals surface area (Å²) >= 11 is 0. The summed E-state index contributed by atoms with van der Waals surface area (Å²) in [6.45, 7) is 4.95. The molecule has 2 heterocycles. The summed E-state index contributed by atoms with van der Waals surface area (Å²) in [5.74, 6) is 0.562. The lowest BCUT2D eigenvalue weighted by Crippen LogP contribution is -2.30. The minimum absolute atomic E-state index is 0.167. The van der Waals surface area contributed by atoms with Crippen molar-refractivity contribution in [3.63, 3.8) is 0 Å². The lowest BCUT2D eigenvalue weighted by atomic mass is 10.1. The van der Waals surface area contributed by atoms with Gasteiger partial charge < -0.3 is 4.74 Å². The van der Waals surface area contributed by atoms with E-state index in [9.17, 15) is 8.42 Å². The molecule has 24 heavy (non-hydrogen) atoms. The molecule has 1 atom stereocenters. The van der Waals surface area contributed by atoms with Crippen molar-refractivity contribution < 1.29 is 13.2 Å². The van der Waals surface area contributed by atoms with Gasteiger partial charge in [0.25, 0.3) is 0 Å². The Morgan fingerprint density at radius 2 is 1.96 bits per heavy atom. The SMILES string of the molecule is CCOc1ccc([C@H]2CCCN2S(=O)(=O)c2ccc(C)cc2)cn1. The minimum Gasteiger partial charge on any atom is -0.478 e. The van der Waals surface area contributed by atoms with E-state index in [1.807, 2.05) is 32.0 Å². The summed E-state index contributed by atoms with van der Waals surface area (Å²) in [4.78, 5) is 4.62. The summed E-state index contributed by atoms with van der Waals surface area (Å²) in [6.07, 6.45) is 3.38. The molecule has 0 N–H and O–H groups in total. The molecule has 1 aliphatic rings. The van der Waals surface area contributed by atoms with Crippen LogP contribution in [0.1, 0.15) is 36.9 Å². The number of ether oxygens (including phenoxy) is 1. The lowest BCUT2D eigenvalue weighted by Gasteiger charge is -2.24. The van der Waals surface area contributed by atoms with Gasteiger partial charge in [-0.15, -0.1) is 0 Å². The van der Waals surface area contributed by atoms with Gasteiger partial charge in [0.2, 0.25) is 15.9 Å². The zero-order valence-electron chi connectivity index (χ0n) is 14.0. The molecule has 2 aromatic rings. The first-order valence-electron chi connectivity index (χ1n) is 8.19. The smallest absolute Gasteiger partial charge is 0.243 e. The van der Waals surface area contributed by atoms with E-state index in [1.54, 1.807) is 28.7 Å². The zero-order chi connectivity index (χ0) is 17.2. The zero-order valence-corrected chi connectivity index (χ0v) is 14.8. The Bertz CT molecular complexity index is 786. The van der Waals surface area contributed by atoms with Gasteiger partial charge in [-0.1, -0.05) is 23.8 Å². The van der Waals surface area contributed by atoms with Crippen LogP contribution in [0.15, 0.2) is 47.5 Å². The van der Waals surface area contributed by atoms with Crippen LogP contribution in [0, 0.1) is 6.92 Å². The second-order valence-electron chi connectivity index (χ2n) is 5.95. The largest absolute Gasteiger partial charge is 0.478 e. The Hall–Kier alpha value is -1.92. The molecule has 1 fully saturated rings. The van der Waals surface area contributed by atoms with Gasteiger partial charge >= 0.3 is 0 Å². The molecule has 1 aromatic carbocycles. The van der Waals surface area contributed by atoms with Gasteiger partial charge in [-0.2, -0.15) is 4.31 Å². The first-order chi connectivity index (χ1) is 11.5. The maximum absolute atomic E-state index is 13.0. The third-order valence-electron chi connectivity index (χ3n) is 4.27. The average molecular weight is 346 g/mol. The summed E-state index contributed by atoms with van der Waals surface area (Å²) in [5, 5.41) is 0. The van der Waals surface area contributed by atoms with Crippen LogP contribution in [-0.4, -0.2) is 30.9 Å². The van der Waals surface area contributed by atoms with Crippen LogP contribution in [0.5, 0.6) is 5.88 Å². The average Bonchev–Trinajstić information content (AvgIpc) is 3.07. The molecule has 1 aromatic heterocycles. The fraction of sp³-hybridized carbons (Fsp3) is 0.389. The van der Waals surface area contributed by atoms with Crippen molar-refractivity contribution in [2.24, 2.45) is 0 Å². The maximum Gasteiger partial charge on any atom is 0.243 e. The Kier molecular flexibility index (Phi) is 4.87. The molecule has 1 saturated heterocycles. The van der Waals surface area contributed by atoms with E-state index in [4.69, 9.17) is 4.74 Å². The van der Waals surface area contributed by atoms with E-state index >= 15 is 0 Å². The van der Waals surface area contributed by atoms with Crippen molar-refractivity contribution in [2.45, 2.75) is 37.6 Å². The van der Waals surface area contributed by atoms with Gasteiger partial charge in [-0.3, -0.25) is 0 Å². The number of aromatic nitrogens is 1. The molecule has 1 aliphatic heterocycles. The van der Waals surface area contributed by atoms with Crippen LogP contribution in [0.2, 0.25) is 0 Å². The third-order valence-corrected chi connectivity index (χ3v) is 6.19. The lowest BCUT2D eigenvalue weighted by molar-refractivity contribution is 0.326. The number of nitrogens with zero attached hydrogens (tertiary/aromatic N) is 2.